The zero-order chi connectivity index (χ0) is 17.7. The third kappa shape index (κ3) is 2.50. The van der Waals surface area contributed by atoms with Crippen molar-refractivity contribution in [3.05, 3.63) is 101 Å². The minimum atomic E-state index is -2.01. The number of allylic oxidation sites excluding steroid dienone is 1. The van der Waals surface area contributed by atoms with Crippen molar-refractivity contribution in [3.8, 4) is 11.1 Å². The fraction of sp³-hybridized carbons (Fsp3) is 0.167. The predicted molar refractivity (Wildman–Crippen MR) is 111 cm³/mol. The van der Waals surface area contributed by atoms with Crippen molar-refractivity contribution in [2.24, 2.45) is 0 Å². The van der Waals surface area contributed by atoms with Crippen molar-refractivity contribution in [2.75, 3.05) is 0 Å². The first-order valence-corrected chi connectivity index (χ1v) is 22.8. The molecule has 0 heterocycles. The molecule has 0 fully saturated rings. The zero-order valence-electron chi connectivity index (χ0n) is 15.3. The topological polar surface area (TPSA) is 0 Å². The van der Waals surface area contributed by atoms with Gasteiger partial charge in [0.05, 0.1) is 0 Å². The number of rotatable bonds is 3. The van der Waals surface area contributed by atoms with Crippen LogP contribution in [0.25, 0.3) is 17.2 Å². The number of fused-ring (bicyclic) bond motifs is 4. The van der Waals surface area contributed by atoms with Crippen LogP contribution in [0.4, 0.5) is 0 Å². The molecule has 0 amide bonds. The zero-order valence-corrected chi connectivity index (χ0v) is 20.1. The number of hydrogen-bond donors (Lipinski definition) is 0. The summed E-state index contributed by atoms with van der Waals surface area (Å²) >= 11 is -2.01. The van der Waals surface area contributed by atoms with E-state index in [9.17, 15) is 0 Å². The van der Waals surface area contributed by atoms with Gasteiger partial charge in [-0.15, -0.1) is 0 Å². The molecular formula is C24H23HfSi. The van der Waals surface area contributed by atoms with Gasteiger partial charge in [-0.2, -0.15) is 0 Å². The molecule has 3 aromatic rings. The number of hydrogen-bond acceptors (Lipinski definition) is 0. The van der Waals surface area contributed by atoms with Gasteiger partial charge < -0.3 is 0 Å². The fourth-order valence-corrected chi connectivity index (χ4v) is 35.6. The van der Waals surface area contributed by atoms with Crippen LogP contribution >= 0.6 is 0 Å². The molecule has 1 unspecified atom stereocenters. The van der Waals surface area contributed by atoms with E-state index in [0.29, 0.717) is 0 Å². The predicted octanol–water partition coefficient (Wildman–Crippen LogP) is 6.13. The summed E-state index contributed by atoms with van der Waals surface area (Å²) < 4.78 is 1.49. The Kier molecular flexibility index (Phi) is 4.21. The van der Waals surface area contributed by atoms with Crippen molar-refractivity contribution in [2.45, 2.75) is 20.4 Å². The molecule has 0 N–H and O–H groups in total. The molecule has 3 aromatic carbocycles. The van der Waals surface area contributed by atoms with E-state index in [1.54, 1.807) is 16.7 Å². The summed E-state index contributed by atoms with van der Waals surface area (Å²) in [4.78, 5) is 0. The van der Waals surface area contributed by atoms with Crippen LogP contribution in [0.5, 0.6) is 0 Å². The van der Waals surface area contributed by atoms with E-state index in [2.05, 4.69) is 98.0 Å². The molecular weight excluding hydrogens is 495 g/mol. The van der Waals surface area contributed by atoms with Gasteiger partial charge >= 0.3 is 165 Å². The molecule has 127 valence electrons. The fourth-order valence-electron chi connectivity index (χ4n) is 4.93. The van der Waals surface area contributed by atoms with Crippen LogP contribution in [0.15, 0.2) is 78.9 Å². The second-order valence-corrected chi connectivity index (χ2v) is 35.8. The normalized spacial score (nSPS) is 17.3. The summed E-state index contributed by atoms with van der Waals surface area (Å²) in [6.07, 6.45) is 4.97. The van der Waals surface area contributed by atoms with E-state index in [1.807, 2.05) is 0 Å². The molecule has 5 rings (SSSR count). The standard InChI is InChI=1S/C13H9.C9H7.C2H7Si.Hf/c1-3-7-12-10(5-1)9-11-6-2-4-8-13(11)12;1-2-5-9-7-3-6-8(9)4-1;1-3-2;/h1-9H;1-7H;3H,1-2H3;. The Morgan fingerprint density at radius 1 is 0.692 bits per heavy atom. The quantitative estimate of drug-likeness (QED) is 0.367. The van der Waals surface area contributed by atoms with Crippen LogP contribution in [0.2, 0.25) is 13.1 Å². The van der Waals surface area contributed by atoms with Gasteiger partial charge in [0.15, 0.2) is 0 Å². The summed E-state index contributed by atoms with van der Waals surface area (Å²) in [6.45, 7) is 5.25. The van der Waals surface area contributed by atoms with Crippen LogP contribution in [-0.4, -0.2) is 5.98 Å². The van der Waals surface area contributed by atoms with Crippen molar-refractivity contribution < 1.29 is 20.6 Å². The first kappa shape index (κ1) is 16.6. The average Bonchev–Trinajstić information content (AvgIpc) is 3.23. The second-order valence-electron chi connectivity index (χ2n) is 7.73. The second kappa shape index (κ2) is 6.58. The van der Waals surface area contributed by atoms with Gasteiger partial charge in [-0.05, 0) is 0 Å². The van der Waals surface area contributed by atoms with Crippen LogP contribution in [0.1, 0.15) is 29.6 Å². The Bertz CT molecular complexity index is 959. The monoisotopic (exact) mass is 519 g/mol. The van der Waals surface area contributed by atoms with Gasteiger partial charge in [0, 0.05) is 0 Å². The Morgan fingerprint density at radius 3 is 1.85 bits per heavy atom. The van der Waals surface area contributed by atoms with E-state index in [1.165, 1.54) is 16.7 Å². The molecule has 0 saturated carbocycles. The number of benzene rings is 3. The van der Waals surface area contributed by atoms with Crippen LogP contribution < -0.4 is 0 Å². The summed E-state index contributed by atoms with van der Waals surface area (Å²) in [5, 5.41) is 0. The van der Waals surface area contributed by atoms with Gasteiger partial charge in [0.25, 0.3) is 0 Å². The molecule has 0 radical (unpaired) electrons. The first-order valence-electron chi connectivity index (χ1n) is 9.57. The third-order valence-corrected chi connectivity index (χ3v) is 36.4. The molecule has 1 atom stereocenters. The van der Waals surface area contributed by atoms with Crippen molar-refractivity contribution in [1.82, 2.24) is 0 Å². The van der Waals surface area contributed by atoms with Gasteiger partial charge in [0.2, 0.25) is 0 Å². The average molecular weight is 518 g/mol. The van der Waals surface area contributed by atoms with E-state index in [4.69, 9.17) is 0 Å². The Hall–Kier alpha value is -1.51. The minimum absolute atomic E-state index is 0.707. The SMILES string of the molecule is C[SiH](C)[Hf]([CH]1C=Cc2ccccc21)[CH]1c2ccccc2-c2ccccc21. The molecule has 0 aliphatic heterocycles. The maximum absolute atomic E-state index is 2.63. The van der Waals surface area contributed by atoms with E-state index >= 15 is 0 Å². The summed E-state index contributed by atoms with van der Waals surface area (Å²) in [5.41, 5.74) is 9.36. The van der Waals surface area contributed by atoms with Crippen molar-refractivity contribution in [3.63, 3.8) is 0 Å². The van der Waals surface area contributed by atoms with E-state index in [-0.39, 0.29) is 0 Å². The summed E-state index contributed by atoms with van der Waals surface area (Å²) in [5.74, 6) is -0.707. The molecule has 0 saturated heterocycles. The first-order chi connectivity index (χ1) is 12.8. The molecule has 0 spiro atoms. The summed E-state index contributed by atoms with van der Waals surface area (Å²) in [7, 11) is 0. The maximum atomic E-state index is 2.63. The molecule has 2 aliphatic carbocycles. The van der Waals surface area contributed by atoms with Gasteiger partial charge in [-0.3, -0.25) is 0 Å². The molecule has 0 nitrogen and oxygen atoms in total. The molecule has 0 aromatic heterocycles. The van der Waals surface area contributed by atoms with Gasteiger partial charge in [-0.25, -0.2) is 0 Å². The Balaban J connectivity index is 1.69. The molecule has 2 heteroatoms. The van der Waals surface area contributed by atoms with E-state index in [0.717, 1.165) is 7.35 Å². The van der Waals surface area contributed by atoms with Crippen molar-refractivity contribution >= 4 is 12.1 Å². The molecule has 0 bridgehead atoms. The van der Waals surface area contributed by atoms with Crippen LogP contribution in [0, 0.1) is 0 Å². The summed E-state index contributed by atoms with van der Waals surface area (Å²) in [6, 6.07) is 27.6. The van der Waals surface area contributed by atoms with Gasteiger partial charge in [0.1, 0.15) is 0 Å². The van der Waals surface area contributed by atoms with E-state index < -0.39 is 26.6 Å². The Morgan fingerprint density at radius 2 is 1.23 bits per heavy atom. The molecule has 2 aliphatic rings. The third-order valence-electron chi connectivity index (χ3n) is 5.99. The van der Waals surface area contributed by atoms with Crippen LogP contribution in [0.3, 0.4) is 0 Å². The van der Waals surface area contributed by atoms with Crippen molar-refractivity contribution in [1.29, 1.82) is 0 Å². The van der Waals surface area contributed by atoms with Crippen LogP contribution in [-0.2, 0) is 20.6 Å². The van der Waals surface area contributed by atoms with Gasteiger partial charge in [-0.1, -0.05) is 0 Å². The molecule has 26 heavy (non-hydrogen) atoms. The Labute approximate surface area is 164 Å².